The Balaban J connectivity index is 0.000000186. The molecule has 0 spiro atoms. The molecule has 9 heteroatoms. The van der Waals surface area contributed by atoms with E-state index in [9.17, 15) is 9.59 Å². The van der Waals surface area contributed by atoms with Gasteiger partial charge in [-0.15, -0.1) is 0 Å². The van der Waals surface area contributed by atoms with Gasteiger partial charge in [-0.2, -0.15) is 0 Å². The molecule has 3 aromatic rings. The topological polar surface area (TPSA) is 86.4 Å². The highest BCUT2D eigenvalue weighted by Crippen LogP contribution is 2.26. The molecule has 2 heterocycles. The Kier molecular flexibility index (Phi) is 13.3. The number of para-hydroxylation sites is 1. The Morgan fingerprint density at radius 1 is 1.06 bits per heavy atom. The maximum Gasteiger partial charge on any atom is 0.213 e. The summed E-state index contributed by atoms with van der Waals surface area (Å²) in [4.78, 5) is 27.1. The number of aryl methyl sites for hydroxylation is 2. The molecule has 190 valence electrons. The van der Waals surface area contributed by atoms with Crippen molar-refractivity contribution in [3.8, 4) is 0 Å². The zero-order valence-electron chi connectivity index (χ0n) is 20.8. The number of anilines is 2. The van der Waals surface area contributed by atoms with Crippen LogP contribution in [0, 0.1) is 13.8 Å². The summed E-state index contributed by atoms with van der Waals surface area (Å²) in [5, 5.41) is 9.47. The summed E-state index contributed by atoms with van der Waals surface area (Å²) in [6.07, 6.45) is 6.84. The average Bonchev–Trinajstić information content (AvgIpc) is 3.25. The predicted octanol–water partition coefficient (Wildman–Crippen LogP) is 5.47. The van der Waals surface area contributed by atoms with Crippen LogP contribution in [0.1, 0.15) is 36.8 Å². The second-order valence-corrected chi connectivity index (χ2v) is 9.74. The molecule has 0 unspecified atom stereocenters. The van der Waals surface area contributed by atoms with Gasteiger partial charge < -0.3 is 20.9 Å². The van der Waals surface area contributed by atoms with Crippen LogP contribution in [0.5, 0.6) is 0 Å². The van der Waals surface area contributed by atoms with Gasteiger partial charge in [0.1, 0.15) is 0 Å². The first kappa shape index (κ1) is 28.7. The predicted molar refractivity (Wildman–Crippen MR) is 149 cm³/mol. The largest absolute Gasteiger partial charge is 0.327 e. The van der Waals surface area contributed by atoms with Crippen LogP contribution in [0.4, 0.5) is 10.8 Å². The van der Waals surface area contributed by atoms with E-state index in [0.29, 0.717) is 28.7 Å². The highest BCUT2D eigenvalue weighted by Gasteiger charge is 2.08. The lowest BCUT2D eigenvalue weighted by Gasteiger charge is -2.26. The molecule has 4 rings (SSSR count). The van der Waals surface area contributed by atoms with Gasteiger partial charge in [0.25, 0.3) is 0 Å². The van der Waals surface area contributed by atoms with Crippen molar-refractivity contribution in [3.63, 3.8) is 0 Å². The summed E-state index contributed by atoms with van der Waals surface area (Å²) in [6.45, 7) is 9.05. The molecule has 7 nitrogen and oxygen atoms in total. The van der Waals surface area contributed by atoms with Crippen LogP contribution in [-0.4, -0.2) is 55.9 Å². The number of nitrogens with one attached hydrogen (secondary N) is 3. The van der Waals surface area contributed by atoms with Gasteiger partial charge in [-0.1, -0.05) is 47.6 Å². The van der Waals surface area contributed by atoms with Crippen LogP contribution in [0.25, 0.3) is 10.2 Å². The number of rotatable bonds is 8. The molecule has 0 bridgehead atoms. The number of benzene rings is 2. The van der Waals surface area contributed by atoms with Crippen molar-refractivity contribution in [2.75, 3.05) is 43.9 Å². The van der Waals surface area contributed by atoms with Crippen LogP contribution in [0.2, 0.25) is 5.02 Å². The number of nitrogens with zero attached hydrogens (tertiary/aromatic N) is 2. The van der Waals surface area contributed by atoms with Gasteiger partial charge >= 0.3 is 0 Å². The van der Waals surface area contributed by atoms with Crippen LogP contribution in [0.3, 0.4) is 0 Å². The van der Waals surface area contributed by atoms with E-state index in [0.717, 1.165) is 22.3 Å². The minimum atomic E-state index is 0.567. The molecule has 2 aromatic carbocycles. The quantitative estimate of drug-likeness (QED) is 0.272. The van der Waals surface area contributed by atoms with Gasteiger partial charge in [0.2, 0.25) is 12.8 Å². The average molecular weight is 518 g/mol. The summed E-state index contributed by atoms with van der Waals surface area (Å²) in [6, 6.07) is 11.5. The normalized spacial score (nSPS) is 13.1. The third-order valence-corrected chi connectivity index (χ3v) is 6.77. The summed E-state index contributed by atoms with van der Waals surface area (Å²) in [5.74, 6) is 0. The molecule has 0 radical (unpaired) electrons. The van der Waals surface area contributed by atoms with Crippen LogP contribution in [-0.2, 0) is 9.59 Å². The maximum absolute atomic E-state index is 10.2. The third-order valence-electron chi connectivity index (χ3n) is 5.50. The number of fused-ring (bicyclic) bond motifs is 1. The molecule has 1 aromatic heterocycles. The molecule has 35 heavy (non-hydrogen) atoms. The van der Waals surface area contributed by atoms with E-state index in [4.69, 9.17) is 11.6 Å². The first-order valence-corrected chi connectivity index (χ1v) is 13.1. The van der Waals surface area contributed by atoms with Gasteiger partial charge in [0.05, 0.1) is 20.9 Å². The van der Waals surface area contributed by atoms with Crippen molar-refractivity contribution in [3.05, 3.63) is 52.5 Å². The second kappa shape index (κ2) is 16.2. The number of amides is 2. The summed E-state index contributed by atoms with van der Waals surface area (Å²) >= 11 is 7.27. The molecule has 2 amide bonds. The van der Waals surface area contributed by atoms with Gasteiger partial charge in [0.15, 0.2) is 5.13 Å². The standard InChI is InChI=1S/C9H8N2OS.C9H20N2.C8H8ClNO/c1-6-2-3-7-8(4-6)13-9(11-7)10-5-12;1-10-6-5-9-11-7-3-2-4-8-11;1-6-3-2-4-7(9)8(6)10-5-11/h2-5H,1H3,(H,10,11,12);10H,2-9H2,1H3;2-5H,1H3,(H,10,11). The Morgan fingerprint density at radius 3 is 2.46 bits per heavy atom. The minimum absolute atomic E-state index is 0.567. The molecular formula is C26H36ClN5O2S. The fourth-order valence-corrected chi connectivity index (χ4v) is 4.88. The molecule has 1 fully saturated rings. The van der Waals surface area contributed by atoms with Crippen molar-refractivity contribution in [1.82, 2.24) is 15.2 Å². The maximum atomic E-state index is 10.2. The number of aromatic nitrogens is 1. The van der Waals surface area contributed by atoms with Gasteiger partial charge in [-0.25, -0.2) is 4.98 Å². The molecule has 1 aliphatic heterocycles. The minimum Gasteiger partial charge on any atom is -0.327 e. The smallest absolute Gasteiger partial charge is 0.213 e. The Labute approximate surface area is 217 Å². The van der Waals surface area contributed by atoms with Crippen molar-refractivity contribution in [1.29, 1.82) is 0 Å². The van der Waals surface area contributed by atoms with Crippen LogP contribution >= 0.6 is 22.9 Å². The second-order valence-electron chi connectivity index (χ2n) is 8.31. The first-order chi connectivity index (χ1) is 17.0. The fourth-order valence-electron chi connectivity index (χ4n) is 3.68. The lowest BCUT2D eigenvalue weighted by atomic mass is 10.1. The SMILES string of the molecule is CNCCCN1CCCCC1.Cc1ccc2nc(NC=O)sc2c1.Cc1cccc(Cl)c1NC=O. The molecular weight excluding hydrogens is 482 g/mol. The van der Waals surface area contributed by atoms with Crippen molar-refractivity contribution < 1.29 is 9.59 Å². The number of likely N-dealkylation sites (tertiary alicyclic amines) is 1. The van der Waals surface area contributed by atoms with E-state index in [-0.39, 0.29) is 0 Å². The number of hydrogen-bond donors (Lipinski definition) is 3. The summed E-state index contributed by atoms with van der Waals surface area (Å²) in [7, 11) is 2.02. The molecule has 0 aliphatic carbocycles. The Morgan fingerprint density at radius 2 is 1.80 bits per heavy atom. The first-order valence-electron chi connectivity index (χ1n) is 11.9. The van der Waals surface area contributed by atoms with Crippen molar-refractivity contribution >= 4 is 56.8 Å². The number of piperidine rings is 1. The van der Waals surface area contributed by atoms with E-state index < -0.39 is 0 Å². The lowest BCUT2D eigenvalue weighted by molar-refractivity contribution is -0.106. The summed E-state index contributed by atoms with van der Waals surface area (Å²) < 4.78 is 1.10. The van der Waals surface area contributed by atoms with Crippen LogP contribution in [0.15, 0.2) is 36.4 Å². The third kappa shape index (κ3) is 10.3. The zero-order valence-corrected chi connectivity index (χ0v) is 22.3. The summed E-state index contributed by atoms with van der Waals surface area (Å²) in [5.41, 5.74) is 3.78. The Bertz CT molecular complexity index is 1030. The number of carbonyl (C=O) groups excluding carboxylic acids is 2. The van der Waals surface area contributed by atoms with E-state index in [1.165, 1.54) is 62.2 Å². The molecule has 0 saturated carbocycles. The molecule has 1 aliphatic rings. The Hall–Kier alpha value is -2.52. The molecule has 0 atom stereocenters. The highest BCUT2D eigenvalue weighted by atomic mass is 35.5. The monoisotopic (exact) mass is 517 g/mol. The van der Waals surface area contributed by atoms with Crippen molar-refractivity contribution in [2.45, 2.75) is 39.5 Å². The number of halogens is 1. The van der Waals surface area contributed by atoms with Gasteiger partial charge in [-0.3, -0.25) is 9.59 Å². The highest BCUT2D eigenvalue weighted by molar-refractivity contribution is 7.22. The van der Waals surface area contributed by atoms with Crippen LogP contribution < -0.4 is 16.0 Å². The van der Waals surface area contributed by atoms with Gasteiger partial charge in [0, 0.05) is 0 Å². The lowest BCUT2D eigenvalue weighted by Crippen LogP contribution is -2.31. The molecule has 1 saturated heterocycles. The number of hydrogen-bond acceptors (Lipinski definition) is 6. The zero-order chi connectivity index (χ0) is 25.5. The fraction of sp³-hybridized carbons (Fsp3) is 0.423. The van der Waals surface area contributed by atoms with Crippen molar-refractivity contribution in [2.24, 2.45) is 0 Å². The van der Waals surface area contributed by atoms with Gasteiger partial charge in [-0.05, 0) is 95.7 Å². The number of thiazole rings is 1. The van der Waals surface area contributed by atoms with E-state index >= 15 is 0 Å². The number of carbonyl (C=O) groups is 2. The van der Waals surface area contributed by atoms with E-state index in [1.54, 1.807) is 6.07 Å². The molecule has 3 N–H and O–H groups in total. The van der Waals surface area contributed by atoms with E-state index in [2.05, 4.69) is 31.9 Å². The van der Waals surface area contributed by atoms with E-state index in [1.807, 2.05) is 45.2 Å².